The van der Waals surface area contributed by atoms with E-state index in [9.17, 15) is 4.79 Å². The number of nitrogens with one attached hydrogen (secondary N) is 1. The Balaban J connectivity index is 1.52. The lowest BCUT2D eigenvalue weighted by molar-refractivity contribution is -0.123. The predicted octanol–water partition coefficient (Wildman–Crippen LogP) is 5.07. The van der Waals surface area contributed by atoms with Gasteiger partial charge in [0.25, 0.3) is 5.91 Å². The highest BCUT2D eigenvalue weighted by Gasteiger charge is 2.07. The maximum atomic E-state index is 12.0. The van der Waals surface area contributed by atoms with Crippen LogP contribution >= 0.6 is 11.6 Å². The van der Waals surface area contributed by atoms with Gasteiger partial charge < -0.3 is 14.2 Å². The summed E-state index contributed by atoms with van der Waals surface area (Å²) < 4.78 is 16.8. The van der Waals surface area contributed by atoms with Gasteiger partial charge in [-0.05, 0) is 66.9 Å². The third-order valence-corrected chi connectivity index (χ3v) is 4.84. The molecule has 3 rings (SSSR count). The fourth-order valence-electron chi connectivity index (χ4n) is 2.94. The Kier molecular flexibility index (Phi) is 8.11. The van der Waals surface area contributed by atoms with Gasteiger partial charge in [0, 0.05) is 5.02 Å². The number of halogens is 1. The Bertz CT molecular complexity index is 1100. The van der Waals surface area contributed by atoms with Crippen LogP contribution in [-0.4, -0.2) is 25.8 Å². The molecule has 0 aliphatic carbocycles. The molecule has 166 valence electrons. The van der Waals surface area contributed by atoms with E-state index in [4.69, 9.17) is 25.8 Å². The number of hydrazone groups is 1. The van der Waals surface area contributed by atoms with E-state index in [0.29, 0.717) is 28.9 Å². The summed E-state index contributed by atoms with van der Waals surface area (Å²) in [5, 5.41) is 4.66. The lowest BCUT2D eigenvalue weighted by Crippen LogP contribution is -2.24. The van der Waals surface area contributed by atoms with Crippen LogP contribution in [0.2, 0.25) is 5.02 Å². The molecule has 32 heavy (non-hydrogen) atoms. The van der Waals surface area contributed by atoms with Gasteiger partial charge in [-0.1, -0.05) is 41.4 Å². The zero-order chi connectivity index (χ0) is 22.9. The molecule has 1 N–H and O–H groups in total. The van der Waals surface area contributed by atoms with Crippen LogP contribution in [-0.2, 0) is 11.4 Å². The van der Waals surface area contributed by atoms with Crippen molar-refractivity contribution >= 4 is 23.7 Å². The molecule has 0 fully saturated rings. The first-order valence-corrected chi connectivity index (χ1v) is 10.4. The van der Waals surface area contributed by atoms with Gasteiger partial charge in [0.1, 0.15) is 12.4 Å². The van der Waals surface area contributed by atoms with Gasteiger partial charge in [-0.2, -0.15) is 5.10 Å². The Labute approximate surface area is 192 Å². The van der Waals surface area contributed by atoms with Crippen LogP contribution in [0.4, 0.5) is 0 Å². The summed E-state index contributed by atoms with van der Waals surface area (Å²) in [5.41, 5.74) is 6.32. The van der Waals surface area contributed by atoms with Gasteiger partial charge in [0.15, 0.2) is 18.1 Å². The van der Waals surface area contributed by atoms with E-state index in [1.165, 1.54) is 6.21 Å². The van der Waals surface area contributed by atoms with E-state index in [-0.39, 0.29) is 12.5 Å². The quantitative estimate of drug-likeness (QED) is 0.363. The SMILES string of the molecule is COc1cc(C=NNC(=O)COc2ccc(C)cc2C)ccc1OCc1ccc(Cl)cc1. The Morgan fingerprint density at radius 2 is 1.72 bits per heavy atom. The highest BCUT2D eigenvalue weighted by molar-refractivity contribution is 6.30. The Morgan fingerprint density at radius 3 is 2.44 bits per heavy atom. The van der Waals surface area contributed by atoms with Gasteiger partial charge in [-0.25, -0.2) is 5.43 Å². The standard InChI is InChI=1S/C25H25ClN2O4/c1-17-4-10-22(18(2)12-17)32-16-25(29)28-27-14-20-7-11-23(24(13-20)30-3)31-15-19-5-8-21(26)9-6-19/h4-14H,15-16H2,1-3H3,(H,28,29). The fourth-order valence-corrected chi connectivity index (χ4v) is 3.07. The summed E-state index contributed by atoms with van der Waals surface area (Å²) >= 11 is 5.91. The maximum Gasteiger partial charge on any atom is 0.277 e. The number of benzene rings is 3. The van der Waals surface area contributed by atoms with Crippen LogP contribution in [0.1, 0.15) is 22.3 Å². The normalized spacial score (nSPS) is 10.8. The molecule has 0 atom stereocenters. The minimum absolute atomic E-state index is 0.123. The first kappa shape index (κ1) is 23.2. The number of amides is 1. The van der Waals surface area contributed by atoms with Crippen molar-refractivity contribution in [3.8, 4) is 17.2 Å². The molecule has 7 heteroatoms. The van der Waals surface area contributed by atoms with E-state index in [0.717, 1.165) is 22.3 Å². The summed E-state index contributed by atoms with van der Waals surface area (Å²) in [6.45, 7) is 4.21. The molecule has 0 saturated heterocycles. The van der Waals surface area contributed by atoms with Crippen molar-refractivity contribution in [1.82, 2.24) is 5.43 Å². The van der Waals surface area contributed by atoms with Crippen LogP contribution in [0.15, 0.2) is 65.8 Å². The van der Waals surface area contributed by atoms with Crippen LogP contribution < -0.4 is 19.6 Å². The third kappa shape index (κ3) is 6.75. The molecule has 1 amide bonds. The molecule has 0 aromatic heterocycles. The molecular weight excluding hydrogens is 428 g/mol. The molecule has 0 aliphatic rings. The van der Waals surface area contributed by atoms with Gasteiger partial charge in [-0.3, -0.25) is 4.79 Å². The van der Waals surface area contributed by atoms with E-state index in [1.54, 1.807) is 19.2 Å². The predicted molar refractivity (Wildman–Crippen MR) is 126 cm³/mol. The van der Waals surface area contributed by atoms with Crippen molar-refractivity contribution in [1.29, 1.82) is 0 Å². The molecule has 3 aromatic carbocycles. The number of methoxy groups -OCH3 is 1. The monoisotopic (exact) mass is 452 g/mol. The summed E-state index contributed by atoms with van der Waals surface area (Å²) in [5.74, 6) is 1.49. The van der Waals surface area contributed by atoms with Gasteiger partial charge >= 0.3 is 0 Å². The number of nitrogens with zero attached hydrogens (tertiary/aromatic N) is 1. The largest absolute Gasteiger partial charge is 0.493 e. The molecule has 3 aromatic rings. The van der Waals surface area contributed by atoms with Crippen molar-refractivity contribution in [3.63, 3.8) is 0 Å². The number of hydrogen-bond acceptors (Lipinski definition) is 5. The van der Waals surface area contributed by atoms with Crippen molar-refractivity contribution < 1.29 is 19.0 Å². The maximum absolute atomic E-state index is 12.0. The first-order chi connectivity index (χ1) is 15.4. The van der Waals surface area contributed by atoms with Crippen LogP contribution in [0.5, 0.6) is 17.2 Å². The lowest BCUT2D eigenvalue weighted by atomic mass is 10.1. The number of aryl methyl sites for hydroxylation is 2. The summed E-state index contributed by atoms with van der Waals surface area (Å²) in [4.78, 5) is 12.0. The molecule has 0 unspecified atom stereocenters. The number of carbonyl (C=O) groups excluding carboxylic acids is 1. The van der Waals surface area contributed by atoms with Crippen LogP contribution in [0, 0.1) is 13.8 Å². The average molecular weight is 453 g/mol. The second-order valence-electron chi connectivity index (χ2n) is 7.18. The zero-order valence-corrected chi connectivity index (χ0v) is 19.0. The van der Waals surface area contributed by atoms with Crippen LogP contribution in [0.3, 0.4) is 0 Å². The molecule has 0 spiro atoms. The minimum Gasteiger partial charge on any atom is -0.493 e. The van der Waals surface area contributed by atoms with E-state index in [1.807, 2.05) is 62.4 Å². The van der Waals surface area contributed by atoms with Crippen molar-refractivity contribution in [2.24, 2.45) is 5.10 Å². The average Bonchev–Trinajstić information content (AvgIpc) is 2.78. The molecule has 0 aliphatic heterocycles. The van der Waals surface area contributed by atoms with Crippen molar-refractivity contribution in [2.75, 3.05) is 13.7 Å². The highest BCUT2D eigenvalue weighted by atomic mass is 35.5. The number of rotatable bonds is 9. The molecule has 0 radical (unpaired) electrons. The van der Waals surface area contributed by atoms with Crippen molar-refractivity contribution in [3.05, 3.63) is 87.9 Å². The second-order valence-corrected chi connectivity index (χ2v) is 7.61. The van der Waals surface area contributed by atoms with E-state index < -0.39 is 0 Å². The summed E-state index contributed by atoms with van der Waals surface area (Å²) in [6, 6.07) is 18.6. The van der Waals surface area contributed by atoms with Gasteiger partial charge in [-0.15, -0.1) is 0 Å². The fraction of sp³-hybridized carbons (Fsp3) is 0.200. The van der Waals surface area contributed by atoms with Crippen LogP contribution in [0.25, 0.3) is 0 Å². The number of ether oxygens (including phenoxy) is 3. The lowest BCUT2D eigenvalue weighted by Gasteiger charge is -2.11. The van der Waals surface area contributed by atoms with E-state index in [2.05, 4.69) is 10.5 Å². The molecule has 0 bridgehead atoms. The number of hydrogen-bond donors (Lipinski definition) is 1. The first-order valence-electron chi connectivity index (χ1n) is 10.0. The smallest absolute Gasteiger partial charge is 0.277 e. The zero-order valence-electron chi connectivity index (χ0n) is 18.2. The second kappa shape index (κ2) is 11.2. The summed E-state index contributed by atoms with van der Waals surface area (Å²) in [6.07, 6.45) is 1.53. The highest BCUT2D eigenvalue weighted by Crippen LogP contribution is 2.28. The van der Waals surface area contributed by atoms with E-state index >= 15 is 0 Å². The summed E-state index contributed by atoms with van der Waals surface area (Å²) in [7, 11) is 1.57. The molecule has 0 heterocycles. The number of carbonyl (C=O) groups is 1. The minimum atomic E-state index is -0.351. The third-order valence-electron chi connectivity index (χ3n) is 4.59. The molecule has 6 nitrogen and oxygen atoms in total. The topological polar surface area (TPSA) is 69.2 Å². The Morgan fingerprint density at radius 1 is 0.969 bits per heavy atom. The molecule has 0 saturated carbocycles. The Hall–Kier alpha value is -3.51. The van der Waals surface area contributed by atoms with Gasteiger partial charge in [0.2, 0.25) is 0 Å². The molecular formula is C25H25ClN2O4. The van der Waals surface area contributed by atoms with Gasteiger partial charge in [0.05, 0.1) is 13.3 Å². The van der Waals surface area contributed by atoms with Crippen molar-refractivity contribution in [2.45, 2.75) is 20.5 Å².